The minimum absolute atomic E-state index is 0.305. The number of anilines is 1. The van der Waals surface area contributed by atoms with E-state index >= 15 is 0 Å². The van der Waals surface area contributed by atoms with Crippen molar-refractivity contribution >= 4 is 15.8 Å². The number of piperidine rings is 1. The van der Waals surface area contributed by atoms with Gasteiger partial charge in [-0.15, -0.1) is 0 Å². The van der Waals surface area contributed by atoms with Crippen molar-refractivity contribution in [3.05, 3.63) is 60.6 Å². The van der Waals surface area contributed by atoms with Gasteiger partial charge in [-0.1, -0.05) is 19.1 Å². The number of benzene rings is 1. The first-order valence-electron chi connectivity index (χ1n) is 10.9. The molecule has 0 radical (unpaired) electrons. The highest BCUT2D eigenvalue weighted by Gasteiger charge is 2.56. The third-order valence-corrected chi connectivity index (χ3v) is 7.64. The van der Waals surface area contributed by atoms with Crippen LogP contribution in [0.15, 0.2) is 59.9 Å². The quantitative estimate of drug-likeness (QED) is 0.546. The first kappa shape index (κ1) is 20.9. The molecule has 1 aromatic carbocycles. The molecule has 32 heavy (non-hydrogen) atoms. The SMILES string of the molecule is CCc1cnc(N2CC3C(COc4ccc(-c5ccc(S(C)(=O)=O)cc5)nc4)C3C2)nc1. The number of hydrogen-bond donors (Lipinski definition) is 0. The topological polar surface area (TPSA) is 85.3 Å². The first-order chi connectivity index (χ1) is 15.4. The predicted octanol–water partition coefficient (Wildman–Crippen LogP) is 3.27. The van der Waals surface area contributed by atoms with E-state index in [0.29, 0.717) is 29.3 Å². The number of nitrogens with zero attached hydrogens (tertiary/aromatic N) is 4. The Morgan fingerprint density at radius 1 is 0.969 bits per heavy atom. The molecule has 2 atom stereocenters. The molecule has 1 saturated heterocycles. The summed E-state index contributed by atoms with van der Waals surface area (Å²) < 4.78 is 29.2. The molecule has 1 saturated carbocycles. The van der Waals surface area contributed by atoms with E-state index in [1.54, 1.807) is 30.5 Å². The van der Waals surface area contributed by atoms with E-state index in [1.807, 2.05) is 24.5 Å². The van der Waals surface area contributed by atoms with Crippen LogP contribution >= 0.6 is 0 Å². The number of rotatable bonds is 7. The Balaban J connectivity index is 1.13. The van der Waals surface area contributed by atoms with Crippen molar-refractivity contribution in [1.82, 2.24) is 15.0 Å². The van der Waals surface area contributed by atoms with Crippen LogP contribution in [0, 0.1) is 17.8 Å². The van der Waals surface area contributed by atoms with E-state index < -0.39 is 9.84 Å². The van der Waals surface area contributed by atoms with Crippen molar-refractivity contribution in [2.24, 2.45) is 17.8 Å². The summed E-state index contributed by atoms with van der Waals surface area (Å²) in [6, 6.07) is 10.6. The maximum absolute atomic E-state index is 11.6. The monoisotopic (exact) mass is 450 g/mol. The van der Waals surface area contributed by atoms with Gasteiger partial charge in [0.25, 0.3) is 0 Å². The summed E-state index contributed by atoms with van der Waals surface area (Å²) in [5, 5.41) is 0. The molecule has 0 spiro atoms. The van der Waals surface area contributed by atoms with E-state index in [-0.39, 0.29) is 0 Å². The van der Waals surface area contributed by atoms with Gasteiger partial charge in [0.1, 0.15) is 5.75 Å². The van der Waals surface area contributed by atoms with E-state index in [0.717, 1.165) is 48.0 Å². The highest BCUT2D eigenvalue weighted by molar-refractivity contribution is 7.90. The summed E-state index contributed by atoms with van der Waals surface area (Å²) in [5.74, 6) is 3.44. The summed E-state index contributed by atoms with van der Waals surface area (Å²) in [4.78, 5) is 16.1. The van der Waals surface area contributed by atoms with E-state index in [9.17, 15) is 8.42 Å². The van der Waals surface area contributed by atoms with E-state index in [1.165, 1.54) is 6.26 Å². The number of fused-ring (bicyclic) bond motifs is 1. The fourth-order valence-corrected chi connectivity index (χ4v) is 5.09. The third kappa shape index (κ3) is 4.19. The average molecular weight is 451 g/mol. The largest absolute Gasteiger partial charge is 0.492 e. The molecule has 8 heteroatoms. The number of pyridine rings is 1. The van der Waals surface area contributed by atoms with Gasteiger partial charge in [-0.25, -0.2) is 18.4 Å². The fraction of sp³-hybridized carbons (Fsp3) is 0.375. The Morgan fingerprint density at radius 3 is 2.22 bits per heavy atom. The van der Waals surface area contributed by atoms with Gasteiger partial charge in [-0.2, -0.15) is 0 Å². The maximum Gasteiger partial charge on any atom is 0.225 e. The minimum atomic E-state index is -3.20. The highest BCUT2D eigenvalue weighted by Crippen LogP contribution is 2.52. The van der Waals surface area contributed by atoms with Crippen LogP contribution in [0.5, 0.6) is 5.75 Å². The smallest absolute Gasteiger partial charge is 0.225 e. The van der Waals surface area contributed by atoms with Crippen molar-refractivity contribution in [2.45, 2.75) is 18.2 Å². The Morgan fingerprint density at radius 2 is 1.66 bits per heavy atom. The summed E-state index contributed by atoms with van der Waals surface area (Å²) in [5.41, 5.74) is 2.82. The second-order valence-corrected chi connectivity index (χ2v) is 10.6. The molecule has 2 unspecified atom stereocenters. The molecule has 2 aromatic heterocycles. The van der Waals surface area contributed by atoms with Crippen LogP contribution in [0.1, 0.15) is 12.5 Å². The normalized spacial score (nSPS) is 21.9. The lowest BCUT2D eigenvalue weighted by Gasteiger charge is -2.19. The zero-order valence-electron chi connectivity index (χ0n) is 18.2. The van der Waals surface area contributed by atoms with Gasteiger partial charge >= 0.3 is 0 Å². The van der Waals surface area contributed by atoms with Gasteiger partial charge in [0.2, 0.25) is 5.95 Å². The maximum atomic E-state index is 11.6. The van der Waals surface area contributed by atoms with Gasteiger partial charge < -0.3 is 9.64 Å². The molecule has 3 aromatic rings. The van der Waals surface area contributed by atoms with E-state index in [2.05, 4.69) is 26.8 Å². The molecule has 2 aliphatic rings. The Bertz CT molecular complexity index is 1180. The molecule has 0 N–H and O–H groups in total. The molecule has 5 rings (SSSR count). The zero-order chi connectivity index (χ0) is 22.3. The standard InChI is InChI=1S/C24H26N4O3S/c1-3-16-10-26-24(27-11-16)28-13-20-21(14-28)22(20)15-31-18-6-9-23(25-12-18)17-4-7-19(8-5-17)32(2,29)30/h4-12,20-22H,3,13-15H2,1-2H3. The Hall–Kier alpha value is -3.00. The molecule has 2 fully saturated rings. The first-order valence-corrected chi connectivity index (χ1v) is 12.8. The minimum Gasteiger partial charge on any atom is -0.492 e. The molecule has 166 valence electrons. The second kappa shape index (κ2) is 8.16. The van der Waals surface area contributed by atoms with Gasteiger partial charge in [0.05, 0.1) is 23.4 Å². The highest BCUT2D eigenvalue weighted by atomic mass is 32.2. The molecule has 0 bridgehead atoms. The van der Waals surface area contributed by atoms with Crippen LogP contribution in [-0.4, -0.2) is 49.3 Å². The van der Waals surface area contributed by atoms with Crippen molar-refractivity contribution in [2.75, 3.05) is 30.9 Å². The molecular weight excluding hydrogens is 424 g/mol. The fourth-order valence-electron chi connectivity index (χ4n) is 4.46. The Kier molecular flexibility index (Phi) is 5.33. The number of ether oxygens (including phenoxy) is 1. The van der Waals surface area contributed by atoms with Crippen molar-refractivity contribution in [1.29, 1.82) is 0 Å². The number of hydrogen-bond acceptors (Lipinski definition) is 7. The summed E-state index contributed by atoms with van der Waals surface area (Å²) in [6.45, 7) is 4.79. The summed E-state index contributed by atoms with van der Waals surface area (Å²) in [7, 11) is -3.20. The van der Waals surface area contributed by atoms with E-state index in [4.69, 9.17) is 4.74 Å². The number of aryl methyl sites for hydroxylation is 1. The van der Waals surface area contributed by atoms with Gasteiger partial charge in [0.15, 0.2) is 9.84 Å². The molecular formula is C24H26N4O3S. The van der Waals surface area contributed by atoms with Crippen LogP contribution < -0.4 is 9.64 Å². The predicted molar refractivity (Wildman–Crippen MR) is 122 cm³/mol. The Labute approximate surface area is 188 Å². The molecule has 1 aliphatic heterocycles. The molecule has 3 heterocycles. The van der Waals surface area contributed by atoms with Crippen LogP contribution in [0.3, 0.4) is 0 Å². The van der Waals surface area contributed by atoms with Gasteiger partial charge in [0, 0.05) is 43.2 Å². The lowest BCUT2D eigenvalue weighted by Crippen LogP contribution is -2.27. The molecule has 1 aliphatic carbocycles. The third-order valence-electron chi connectivity index (χ3n) is 6.51. The molecule has 7 nitrogen and oxygen atoms in total. The van der Waals surface area contributed by atoms with Crippen LogP contribution in [-0.2, 0) is 16.3 Å². The van der Waals surface area contributed by atoms with Crippen molar-refractivity contribution in [3.63, 3.8) is 0 Å². The summed E-state index contributed by atoms with van der Waals surface area (Å²) in [6.07, 6.45) is 7.73. The van der Waals surface area contributed by atoms with Crippen LogP contribution in [0.25, 0.3) is 11.3 Å². The van der Waals surface area contributed by atoms with Crippen molar-refractivity contribution in [3.8, 4) is 17.0 Å². The molecule has 0 amide bonds. The van der Waals surface area contributed by atoms with Crippen LogP contribution in [0.2, 0.25) is 0 Å². The van der Waals surface area contributed by atoms with Crippen LogP contribution in [0.4, 0.5) is 5.95 Å². The average Bonchev–Trinajstić information content (AvgIpc) is 3.26. The van der Waals surface area contributed by atoms with Crippen molar-refractivity contribution < 1.29 is 13.2 Å². The van der Waals surface area contributed by atoms with Gasteiger partial charge in [-0.05, 0) is 48.1 Å². The lowest BCUT2D eigenvalue weighted by molar-refractivity contribution is 0.282. The second-order valence-electron chi connectivity index (χ2n) is 8.63. The summed E-state index contributed by atoms with van der Waals surface area (Å²) >= 11 is 0. The zero-order valence-corrected chi connectivity index (χ0v) is 19.0. The number of sulfone groups is 1. The van der Waals surface area contributed by atoms with Gasteiger partial charge in [-0.3, -0.25) is 4.98 Å². The lowest BCUT2D eigenvalue weighted by atomic mass is 10.1. The number of aromatic nitrogens is 3.